The van der Waals surface area contributed by atoms with Crippen LogP contribution in [0, 0.1) is 11.6 Å². The molecule has 2 heterocycles. The van der Waals surface area contributed by atoms with Crippen molar-refractivity contribution in [1.29, 1.82) is 0 Å². The van der Waals surface area contributed by atoms with Crippen molar-refractivity contribution in [2.75, 3.05) is 11.1 Å². The summed E-state index contributed by atoms with van der Waals surface area (Å²) in [4.78, 5) is 23.3. The van der Waals surface area contributed by atoms with Crippen molar-refractivity contribution in [2.24, 2.45) is 0 Å². The summed E-state index contributed by atoms with van der Waals surface area (Å²) in [6, 6.07) is 5.02. The van der Waals surface area contributed by atoms with Crippen LogP contribution < -0.4 is 5.32 Å². The molecule has 23 heavy (non-hydrogen) atoms. The third kappa shape index (κ3) is 3.85. The van der Waals surface area contributed by atoms with E-state index >= 15 is 0 Å². The molecule has 0 saturated heterocycles. The lowest BCUT2D eigenvalue weighted by Crippen LogP contribution is -2.14. The highest BCUT2D eigenvalue weighted by Gasteiger charge is 2.10. The first kappa shape index (κ1) is 15.9. The number of carbonyl (C=O) groups excluding carboxylic acids is 1. The fourth-order valence-corrected chi connectivity index (χ4v) is 2.83. The summed E-state index contributed by atoms with van der Waals surface area (Å²) < 4.78 is 26.7. The zero-order chi connectivity index (χ0) is 16.4. The third-order valence-electron chi connectivity index (χ3n) is 2.83. The molecular formula is C14H9BrF2N4OS. The van der Waals surface area contributed by atoms with Gasteiger partial charge in [0, 0.05) is 22.4 Å². The van der Waals surface area contributed by atoms with Gasteiger partial charge in [-0.15, -0.1) is 0 Å². The van der Waals surface area contributed by atoms with Gasteiger partial charge in [0.2, 0.25) is 5.91 Å². The highest BCUT2D eigenvalue weighted by Crippen LogP contribution is 2.21. The molecule has 0 saturated carbocycles. The zero-order valence-corrected chi connectivity index (χ0v) is 13.8. The lowest BCUT2D eigenvalue weighted by molar-refractivity contribution is -0.113. The number of rotatable bonds is 4. The van der Waals surface area contributed by atoms with Gasteiger partial charge in [-0.3, -0.25) is 4.79 Å². The van der Waals surface area contributed by atoms with E-state index in [4.69, 9.17) is 0 Å². The maximum Gasteiger partial charge on any atom is 0.234 e. The highest BCUT2D eigenvalue weighted by molar-refractivity contribution is 9.10. The minimum Gasteiger partial charge on any atom is -0.331 e. The van der Waals surface area contributed by atoms with E-state index in [-0.39, 0.29) is 17.3 Å². The number of anilines is 1. The van der Waals surface area contributed by atoms with E-state index < -0.39 is 11.6 Å². The maximum absolute atomic E-state index is 13.1. The maximum atomic E-state index is 13.1. The van der Waals surface area contributed by atoms with Gasteiger partial charge in [0.05, 0.1) is 11.3 Å². The number of benzene rings is 1. The molecule has 0 fully saturated rings. The normalized spacial score (nSPS) is 10.9. The van der Waals surface area contributed by atoms with Gasteiger partial charge >= 0.3 is 0 Å². The largest absolute Gasteiger partial charge is 0.331 e. The van der Waals surface area contributed by atoms with Gasteiger partial charge in [-0.25, -0.2) is 18.7 Å². The number of amides is 1. The second-order valence-electron chi connectivity index (χ2n) is 4.53. The quantitative estimate of drug-likeness (QED) is 0.656. The fraction of sp³-hybridized carbons (Fsp3) is 0.0714. The van der Waals surface area contributed by atoms with Gasteiger partial charge < -0.3 is 10.3 Å². The molecule has 0 bridgehead atoms. The Labute approximate surface area is 142 Å². The molecule has 2 N–H and O–H groups in total. The molecule has 9 heteroatoms. The van der Waals surface area contributed by atoms with E-state index in [2.05, 4.69) is 36.2 Å². The van der Waals surface area contributed by atoms with Gasteiger partial charge in [0.1, 0.15) is 0 Å². The van der Waals surface area contributed by atoms with E-state index in [1.807, 2.05) is 6.07 Å². The van der Waals surface area contributed by atoms with Crippen LogP contribution in [0.1, 0.15) is 0 Å². The van der Waals surface area contributed by atoms with Crippen LogP contribution >= 0.6 is 27.7 Å². The number of nitrogens with zero attached hydrogens (tertiary/aromatic N) is 2. The number of pyridine rings is 1. The molecule has 3 aromatic rings. The molecular weight excluding hydrogens is 390 g/mol. The number of thioether (sulfide) groups is 1. The van der Waals surface area contributed by atoms with E-state index in [0.29, 0.717) is 10.8 Å². The molecule has 0 unspecified atom stereocenters. The van der Waals surface area contributed by atoms with Crippen molar-refractivity contribution in [3.8, 4) is 0 Å². The Bertz CT molecular complexity index is 886. The van der Waals surface area contributed by atoms with Crippen molar-refractivity contribution in [2.45, 2.75) is 5.16 Å². The third-order valence-corrected chi connectivity index (χ3v) is 4.13. The number of aromatic amines is 1. The molecule has 0 radical (unpaired) electrons. The van der Waals surface area contributed by atoms with Crippen LogP contribution in [0.3, 0.4) is 0 Å². The first-order chi connectivity index (χ1) is 11.0. The molecule has 0 spiro atoms. The summed E-state index contributed by atoms with van der Waals surface area (Å²) in [7, 11) is 0. The van der Waals surface area contributed by atoms with Crippen LogP contribution in [0.25, 0.3) is 11.2 Å². The van der Waals surface area contributed by atoms with E-state index in [1.54, 1.807) is 6.20 Å². The smallest absolute Gasteiger partial charge is 0.234 e. The second-order valence-corrected chi connectivity index (χ2v) is 6.41. The Balaban J connectivity index is 1.62. The summed E-state index contributed by atoms with van der Waals surface area (Å²) in [5.41, 5.74) is 1.50. The first-order valence-electron chi connectivity index (χ1n) is 6.40. The molecule has 1 aromatic carbocycles. The van der Waals surface area contributed by atoms with Crippen LogP contribution in [0.2, 0.25) is 0 Å². The summed E-state index contributed by atoms with van der Waals surface area (Å²) >= 11 is 4.50. The van der Waals surface area contributed by atoms with Crippen LogP contribution in [0.15, 0.2) is 40.1 Å². The summed E-state index contributed by atoms with van der Waals surface area (Å²) in [6.07, 6.45) is 1.63. The van der Waals surface area contributed by atoms with Crippen molar-refractivity contribution in [3.05, 3.63) is 46.6 Å². The SMILES string of the molecule is O=C(CSc1nc2ncc(Br)cc2[nH]1)Nc1ccc(F)c(F)c1. The lowest BCUT2D eigenvalue weighted by Gasteiger charge is -2.04. The summed E-state index contributed by atoms with van der Waals surface area (Å²) in [6.45, 7) is 0. The van der Waals surface area contributed by atoms with Crippen LogP contribution in [-0.4, -0.2) is 26.6 Å². The molecule has 1 amide bonds. The molecule has 2 aromatic heterocycles. The number of hydrogen-bond acceptors (Lipinski definition) is 4. The predicted octanol–water partition coefficient (Wildman–Crippen LogP) is 3.73. The molecule has 118 valence electrons. The lowest BCUT2D eigenvalue weighted by atomic mass is 10.3. The molecule has 0 aliphatic rings. The number of hydrogen-bond donors (Lipinski definition) is 2. The Morgan fingerprint density at radius 2 is 2.13 bits per heavy atom. The Morgan fingerprint density at radius 3 is 2.91 bits per heavy atom. The van der Waals surface area contributed by atoms with Gasteiger partial charge in [-0.2, -0.15) is 0 Å². The second kappa shape index (κ2) is 6.63. The number of H-pyrrole nitrogens is 1. The minimum absolute atomic E-state index is 0.0694. The number of aromatic nitrogens is 3. The number of fused-ring (bicyclic) bond motifs is 1. The van der Waals surface area contributed by atoms with Crippen LogP contribution in [-0.2, 0) is 4.79 Å². The number of carbonyl (C=O) groups is 1. The van der Waals surface area contributed by atoms with Crippen molar-refractivity contribution >= 4 is 50.5 Å². The summed E-state index contributed by atoms with van der Waals surface area (Å²) in [5, 5.41) is 3.04. The van der Waals surface area contributed by atoms with E-state index in [0.717, 1.165) is 22.1 Å². The van der Waals surface area contributed by atoms with E-state index in [1.165, 1.54) is 17.8 Å². The number of imidazole rings is 1. The molecule has 3 rings (SSSR count). The fourth-order valence-electron chi connectivity index (χ4n) is 1.83. The first-order valence-corrected chi connectivity index (χ1v) is 8.18. The van der Waals surface area contributed by atoms with Gasteiger partial charge in [0.25, 0.3) is 0 Å². The Morgan fingerprint density at radius 1 is 1.30 bits per heavy atom. The van der Waals surface area contributed by atoms with Gasteiger partial charge in [-0.1, -0.05) is 11.8 Å². The Hall–Kier alpha value is -2.00. The van der Waals surface area contributed by atoms with E-state index in [9.17, 15) is 13.6 Å². The standard InChI is InChI=1S/C14H9BrF2N4OS/c15-7-3-11-13(18-5-7)21-14(20-11)23-6-12(22)19-8-1-2-9(16)10(17)4-8/h1-5H,6H2,(H,19,22)(H,18,20,21). The number of halogens is 3. The van der Waals surface area contributed by atoms with Gasteiger partial charge in [0.15, 0.2) is 22.4 Å². The predicted molar refractivity (Wildman–Crippen MR) is 87.3 cm³/mol. The van der Waals surface area contributed by atoms with Crippen LogP contribution in [0.4, 0.5) is 14.5 Å². The average Bonchev–Trinajstić information content (AvgIpc) is 2.91. The monoisotopic (exact) mass is 398 g/mol. The Kier molecular flexibility index (Phi) is 4.58. The molecule has 0 aliphatic carbocycles. The minimum atomic E-state index is -1.01. The average molecular weight is 399 g/mol. The zero-order valence-electron chi connectivity index (χ0n) is 11.4. The summed E-state index contributed by atoms with van der Waals surface area (Å²) in [5.74, 6) is -2.25. The van der Waals surface area contributed by atoms with Crippen LogP contribution in [0.5, 0.6) is 0 Å². The van der Waals surface area contributed by atoms with Gasteiger partial charge in [-0.05, 0) is 34.1 Å². The van der Waals surface area contributed by atoms with Crippen molar-refractivity contribution in [3.63, 3.8) is 0 Å². The highest BCUT2D eigenvalue weighted by atomic mass is 79.9. The molecule has 0 aliphatic heterocycles. The number of nitrogens with one attached hydrogen (secondary N) is 2. The topological polar surface area (TPSA) is 70.7 Å². The van der Waals surface area contributed by atoms with Crippen molar-refractivity contribution < 1.29 is 13.6 Å². The molecule has 5 nitrogen and oxygen atoms in total. The van der Waals surface area contributed by atoms with Crippen molar-refractivity contribution in [1.82, 2.24) is 15.0 Å². The molecule has 0 atom stereocenters.